The molecule has 1 aromatic carbocycles. The van der Waals surface area contributed by atoms with Gasteiger partial charge < -0.3 is 10.2 Å². The lowest BCUT2D eigenvalue weighted by molar-refractivity contribution is 0.0681. The molecule has 0 unspecified atom stereocenters. The van der Waals surface area contributed by atoms with Gasteiger partial charge in [-0.15, -0.1) is 5.10 Å². The van der Waals surface area contributed by atoms with Gasteiger partial charge in [-0.1, -0.05) is 24.6 Å². The van der Waals surface area contributed by atoms with Crippen molar-refractivity contribution in [3.05, 3.63) is 41.2 Å². The van der Waals surface area contributed by atoms with Gasteiger partial charge in [0.05, 0.1) is 16.9 Å². The highest BCUT2D eigenvalue weighted by Gasteiger charge is 2.19. The zero-order chi connectivity index (χ0) is 14.7. The molecule has 2 aromatic rings. The van der Waals surface area contributed by atoms with Gasteiger partial charge in [0.2, 0.25) is 0 Å². The average molecular weight is 275 g/mol. The Balaban J connectivity index is 2.54. The first kappa shape index (κ1) is 13.7. The van der Waals surface area contributed by atoms with Crippen molar-refractivity contribution in [2.24, 2.45) is 0 Å². The molecule has 0 spiro atoms. The summed E-state index contributed by atoms with van der Waals surface area (Å²) in [5, 5.41) is 25.5. The molecule has 0 aliphatic carbocycles. The molecule has 2 N–H and O–H groups in total. The molecule has 1 aromatic heterocycles. The van der Waals surface area contributed by atoms with Crippen LogP contribution in [-0.4, -0.2) is 37.1 Å². The zero-order valence-electron chi connectivity index (χ0n) is 10.8. The Morgan fingerprint density at radius 1 is 1.25 bits per heavy atom. The number of carboxylic acids is 2. The highest BCUT2D eigenvalue weighted by Crippen LogP contribution is 2.16. The SMILES string of the molecule is CCCc1c(C(=O)O)nnn1-c1cccc(C(=O)O)c1. The first-order chi connectivity index (χ1) is 9.54. The lowest BCUT2D eigenvalue weighted by Crippen LogP contribution is -2.07. The van der Waals surface area contributed by atoms with Crippen LogP contribution in [0.25, 0.3) is 5.69 Å². The van der Waals surface area contributed by atoms with E-state index in [-0.39, 0.29) is 11.3 Å². The van der Waals surface area contributed by atoms with E-state index >= 15 is 0 Å². The lowest BCUT2D eigenvalue weighted by Gasteiger charge is -2.06. The summed E-state index contributed by atoms with van der Waals surface area (Å²) in [6.07, 6.45) is 1.22. The summed E-state index contributed by atoms with van der Waals surface area (Å²) in [4.78, 5) is 22.1. The van der Waals surface area contributed by atoms with Crippen molar-refractivity contribution in [3.63, 3.8) is 0 Å². The van der Waals surface area contributed by atoms with Crippen LogP contribution in [0.2, 0.25) is 0 Å². The van der Waals surface area contributed by atoms with Crippen LogP contribution in [0.1, 0.15) is 39.9 Å². The predicted octanol–water partition coefficient (Wildman–Crippen LogP) is 1.62. The van der Waals surface area contributed by atoms with Crippen molar-refractivity contribution in [3.8, 4) is 5.69 Å². The van der Waals surface area contributed by atoms with E-state index in [4.69, 9.17) is 10.2 Å². The van der Waals surface area contributed by atoms with E-state index in [1.165, 1.54) is 16.8 Å². The summed E-state index contributed by atoms with van der Waals surface area (Å²) in [6.45, 7) is 1.91. The minimum atomic E-state index is -1.14. The second-order valence-corrected chi connectivity index (χ2v) is 4.21. The molecule has 1 heterocycles. The van der Waals surface area contributed by atoms with Gasteiger partial charge in [-0.3, -0.25) is 0 Å². The van der Waals surface area contributed by atoms with E-state index in [2.05, 4.69) is 10.3 Å². The second-order valence-electron chi connectivity index (χ2n) is 4.21. The highest BCUT2D eigenvalue weighted by molar-refractivity contribution is 5.88. The van der Waals surface area contributed by atoms with Crippen molar-refractivity contribution in [1.29, 1.82) is 0 Å². The number of hydrogen-bond donors (Lipinski definition) is 2. The van der Waals surface area contributed by atoms with E-state index in [0.29, 0.717) is 17.8 Å². The van der Waals surface area contributed by atoms with Crippen LogP contribution in [0.5, 0.6) is 0 Å². The van der Waals surface area contributed by atoms with Crippen LogP contribution in [0, 0.1) is 0 Å². The summed E-state index contributed by atoms with van der Waals surface area (Å²) >= 11 is 0. The van der Waals surface area contributed by atoms with Gasteiger partial charge in [-0.05, 0) is 24.6 Å². The quantitative estimate of drug-likeness (QED) is 0.858. The number of aromatic carboxylic acids is 2. The molecule has 0 aliphatic heterocycles. The van der Waals surface area contributed by atoms with Gasteiger partial charge in [0.15, 0.2) is 5.69 Å². The largest absolute Gasteiger partial charge is 0.478 e. The molecule has 0 amide bonds. The van der Waals surface area contributed by atoms with Gasteiger partial charge in [0.25, 0.3) is 0 Å². The molecule has 20 heavy (non-hydrogen) atoms. The molecule has 0 atom stereocenters. The Labute approximate surface area is 114 Å². The first-order valence-corrected chi connectivity index (χ1v) is 6.06. The number of aromatic nitrogens is 3. The summed E-state index contributed by atoms with van der Waals surface area (Å²) in [5.41, 5.74) is 0.945. The molecule has 0 saturated carbocycles. The van der Waals surface area contributed by atoms with Crippen LogP contribution in [0.4, 0.5) is 0 Å². The monoisotopic (exact) mass is 275 g/mol. The summed E-state index contributed by atoms with van der Waals surface area (Å²) in [6, 6.07) is 6.13. The van der Waals surface area contributed by atoms with E-state index in [9.17, 15) is 9.59 Å². The Bertz CT molecular complexity index is 663. The Morgan fingerprint density at radius 2 is 2.00 bits per heavy atom. The summed E-state index contributed by atoms with van der Waals surface area (Å²) in [5.74, 6) is -2.20. The Kier molecular flexibility index (Phi) is 3.79. The molecule has 0 bridgehead atoms. The smallest absolute Gasteiger partial charge is 0.358 e. The molecule has 104 valence electrons. The third-order valence-corrected chi connectivity index (χ3v) is 2.79. The van der Waals surface area contributed by atoms with E-state index in [1.807, 2.05) is 6.92 Å². The van der Waals surface area contributed by atoms with E-state index in [1.54, 1.807) is 12.1 Å². The van der Waals surface area contributed by atoms with Crippen LogP contribution >= 0.6 is 0 Å². The number of nitrogens with zero attached hydrogens (tertiary/aromatic N) is 3. The topological polar surface area (TPSA) is 105 Å². The van der Waals surface area contributed by atoms with Crippen molar-refractivity contribution in [2.45, 2.75) is 19.8 Å². The van der Waals surface area contributed by atoms with Gasteiger partial charge in [-0.25, -0.2) is 14.3 Å². The van der Waals surface area contributed by atoms with Crippen LogP contribution in [0.3, 0.4) is 0 Å². The van der Waals surface area contributed by atoms with Crippen LogP contribution in [0.15, 0.2) is 24.3 Å². The molecular weight excluding hydrogens is 262 g/mol. The fourth-order valence-electron chi connectivity index (χ4n) is 1.91. The van der Waals surface area contributed by atoms with Gasteiger partial charge in [0, 0.05) is 0 Å². The predicted molar refractivity (Wildman–Crippen MR) is 69.3 cm³/mol. The molecule has 7 nitrogen and oxygen atoms in total. The minimum absolute atomic E-state index is 0.104. The summed E-state index contributed by atoms with van der Waals surface area (Å²) in [7, 11) is 0. The van der Waals surface area contributed by atoms with Crippen LogP contribution < -0.4 is 0 Å². The highest BCUT2D eigenvalue weighted by atomic mass is 16.4. The molecule has 0 fully saturated rings. The number of carbonyl (C=O) groups is 2. The normalized spacial score (nSPS) is 10.4. The molecule has 2 rings (SSSR count). The summed E-state index contributed by atoms with van der Waals surface area (Å²) < 4.78 is 1.37. The first-order valence-electron chi connectivity index (χ1n) is 6.06. The fraction of sp³-hybridized carbons (Fsp3) is 0.231. The Morgan fingerprint density at radius 3 is 2.60 bits per heavy atom. The molecule has 0 saturated heterocycles. The average Bonchev–Trinajstić information content (AvgIpc) is 2.83. The number of carboxylic acid groups (broad SMARTS) is 2. The van der Waals surface area contributed by atoms with Crippen molar-refractivity contribution < 1.29 is 19.8 Å². The lowest BCUT2D eigenvalue weighted by atomic mass is 10.1. The number of rotatable bonds is 5. The van der Waals surface area contributed by atoms with Gasteiger partial charge in [-0.2, -0.15) is 0 Å². The molecular formula is C13H13N3O4. The fourth-order valence-corrected chi connectivity index (χ4v) is 1.91. The third-order valence-electron chi connectivity index (χ3n) is 2.79. The number of hydrogen-bond acceptors (Lipinski definition) is 4. The van der Waals surface area contributed by atoms with Crippen molar-refractivity contribution in [2.75, 3.05) is 0 Å². The maximum Gasteiger partial charge on any atom is 0.358 e. The molecule has 0 aliphatic rings. The molecule has 0 radical (unpaired) electrons. The van der Waals surface area contributed by atoms with Gasteiger partial charge in [0.1, 0.15) is 0 Å². The minimum Gasteiger partial charge on any atom is -0.478 e. The van der Waals surface area contributed by atoms with E-state index in [0.717, 1.165) is 6.42 Å². The second kappa shape index (κ2) is 5.52. The third kappa shape index (κ3) is 2.51. The maximum absolute atomic E-state index is 11.1. The number of benzene rings is 1. The Hall–Kier alpha value is -2.70. The zero-order valence-corrected chi connectivity index (χ0v) is 10.8. The van der Waals surface area contributed by atoms with Crippen molar-refractivity contribution >= 4 is 11.9 Å². The van der Waals surface area contributed by atoms with Gasteiger partial charge >= 0.3 is 11.9 Å². The van der Waals surface area contributed by atoms with E-state index < -0.39 is 11.9 Å². The standard InChI is InChI=1S/C13H13N3O4/c1-2-4-10-11(13(19)20)14-15-16(10)9-6-3-5-8(7-9)12(17)18/h3,5-7H,2,4H2,1H3,(H,17,18)(H,19,20). The molecule has 7 heteroatoms. The van der Waals surface area contributed by atoms with Crippen LogP contribution in [-0.2, 0) is 6.42 Å². The van der Waals surface area contributed by atoms with Crippen molar-refractivity contribution in [1.82, 2.24) is 15.0 Å². The maximum atomic E-state index is 11.1.